The van der Waals surface area contributed by atoms with Gasteiger partial charge in [0.1, 0.15) is 11.5 Å². The second kappa shape index (κ2) is 5.53. The lowest BCUT2D eigenvalue weighted by atomic mass is 10.0. The first-order valence-electron chi connectivity index (χ1n) is 6.51. The molecule has 1 aromatic heterocycles. The van der Waals surface area contributed by atoms with E-state index in [1.807, 2.05) is 24.3 Å². The maximum Gasteiger partial charge on any atom is 0.214 e. The van der Waals surface area contributed by atoms with Gasteiger partial charge in [0.2, 0.25) is 4.77 Å². The minimum absolute atomic E-state index is 0.118. The molecule has 0 aliphatic heterocycles. The van der Waals surface area contributed by atoms with Crippen LogP contribution >= 0.6 is 12.2 Å². The van der Waals surface area contributed by atoms with Crippen molar-refractivity contribution < 1.29 is 9.84 Å². The largest absolute Gasteiger partial charge is 0.507 e. The predicted molar refractivity (Wildman–Crippen MR) is 87.4 cm³/mol. The molecule has 0 radical (unpaired) electrons. The first-order chi connectivity index (χ1) is 10.6. The Balaban J connectivity index is 2.25. The van der Waals surface area contributed by atoms with Crippen LogP contribution in [-0.4, -0.2) is 27.1 Å². The van der Waals surface area contributed by atoms with E-state index < -0.39 is 0 Å². The second-order valence-electron chi connectivity index (χ2n) is 4.66. The van der Waals surface area contributed by atoms with Gasteiger partial charge in [0, 0.05) is 16.7 Å². The molecule has 0 bridgehead atoms. The normalized spacial score (nSPS) is 12.9. The molecular formula is C15H14N4O2S. The fraction of sp³-hybridized carbons (Fsp3) is 0.0667. The number of nitrogen functional groups attached to an aromatic ring is 1. The Labute approximate surface area is 131 Å². The average Bonchev–Trinajstić information content (AvgIpc) is 3.18. The molecule has 3 rings (SSSR count). The number of aliphatic hydroxyl groups excluding tert-OH is 1. The van der Waals surface area contributed by atoms with Crippen LogP contribution in [0.15, 0.2) is 48.1 Å². The quantitative estimate of drug-likeness (QED) is 0.460. The van der Waals surface area contributed by atoms with Crippen LogP contribution in [0.4, 0.5) is 0 Å². The fourth-order valence-electron chi connectivity index (χ4n) is 2.22. The van der Waals surface area contributed by atoms with Gasteiger partial charge in [-0.3, -0.25) is 0 Å². The van der Waals surface area contributed by atoms with E-state index in [0.717, 1.165) is 0 Å². The molecule has 1 aromatic carbocycles. The molecule has 1 aliphatic rings. The summed E-state index contributed by atoms with van der Waals surface area (Å²) in [4.78, 5) is 0. The number of aromatic amines is 1. The lowest BCUT2D eigenvalue weighted by molar-refractivity contribution is 0.414. The highest BCUT2D eigenvalue weighted by Crippen LogP contribution is 2.32. The number of hydrogen-bond acceptors (Lipinski definition) is 5. The first-order valence-corrected chi connectivity index (χ1v) is 6.92. The molecule has 0 spiro atoms. The Kier molecular flexibility index (Phi) is 3.56. The number of benzene rings is 1. The first kappa shape index (κ1) is 14.2. The van der Waals surface area contributed by atoms with E-state index in [9.17, 15) is 5.11 Å². The zero-order valence-corrected chi connectivity index (χ0v) is 12.6. The summed E-state index contributed by atoms with van der Waals surface area (Å²) in [6.07, 6.45) is 7.34. The Morgan fingerprint density at radius 2 is 2.09 bits per heavy atom. The number of nitrogens with zero attached hydrogens (tertiary/aromatic N) is 2. The minimum Gasteiger partial charge on any atom is -0.507 e. The average molecular weight is 314 g/mol. The summed E-state index contributed by atoms with van der Waals surface area (Å²) in [7, 11) is 1.57. The van der Waals surface area contributed by atoms with Gasteiger partial charge in [0.25, 0.3) is 0 Å². The standard InChI is InChI=1S/C15H14N4O2S/c1-21-10-6-7-11(14-17-18-15(22)19(14)16)12(8-10)13(20)9-4-2-3-5-9/h2-8,20H,16H2,1H3,(H,18,22). The van der Waals surface area contributed by atoms with Crippen molar-refractivity contribution in [1.82, 2.24) is 14.9 Å². The summed E-state index contributed by atoms with van der Waals surface area (Å²) in [6, 6.07) is 5.28. The van der Waals surface area contributed by atoms with Crippen molar-refractivity contribution >= 4 is 18.0 Å². The maximum absolute atomic E-state index is 10.6. The molecule has 1 aliphatic carbocycles. The molecule has 0 fully saturated rings. The van der Waals surface area contributed by atoms with Crippen LogP contribution in [0.5, 0.6) is 5.75 Å². The number of H-pyrrole nitrogens is 1. The number of aromatic nitrogens is 3. The lowest BCUT2D eigenvalue weighted by Gasteiger charge is -2.11. The maximum atomic E-state index is 10.6. The van der Waals surface area contributed by atoms with Crippen molar-refractivity contribution in [3.05, 3.63) is 58.4 Å². The highest BCUT2D eigenvalue weighted by Gasteiger charge is 2.17. The smallest absolute Gasteiger partial charge is 0.214 e. The molecule has 0 unspecified atom stereocenters. The Morgan fingerprint density at radius 3 is 2.68 bits per heavy atom. The Morgan fingerprint density at radius 1 is 1.36 bits per heavy atom. The van der Waals surface area contributed by atoms with Crippen LogP contribution in [-0.2, 0) is 0 Å². The van der Waals surface area contributed by atoms with Gasteiger partial charge >= 0.3 is 0 Å². The molecule has 4 N–H and O–H groups in total. The molecule has 0 saturated heterocycles. The summed E-state index contributed by atoms with van der Waals surface area (Å²) in [6.45, 7) is 0. The number of nitrogens with one attached hydrogen (secondary N) is 1. The van der Waals surface area contributed by atoms with E-state index in [-0.39, 0.29) is 5.76 Å². The van der Waals surface area contributed by atoms with E-state index in [1.54, 1.807) is 25.3 Å². The topological polar surface area (TPSA) is 89.1 Å². The SMILES string of the molecule is COc1ccc(-c2n[nH]c(=S)n2N)c(C(O)=C2C=CC=C2)c1. The summed E-state index contributed by atoms with van der Waals surface area (Å²) in [5.41, 5.74) is 1.91. The number of allylic oxidation sites excluding steroid dienone is 5. The summed E-state index contributed by atoms with van der Waals surface area (Å²) < 4.78 is 6.80. The highest BCUT2D eigenvalue weighted by atomic mass is 32.1. The number of hydrogen-bond donors (Lipinski definition) is 3. The van der Waals surface area contributed by atoms with Crippen LogP contribution in [0.2, 0.25) is 0 Å². The van der Waals surface area contributed by atoms with Crippen molar-refractivity contribution in [2.75, 3.05) is 13.0 Å². The van der Waals surface area contributed by atoms with Gasteiger partial charge < -0.3 is 15.7 Å². The van der Waals surface area contributed by atoms with Crippen molar-refractivity contribution in [1.29, 1.82) is 0 Å². The van der Waals surface area contributed by atoms with Gasteiger partial charge in [-0.2, -0.15) is 5.10 Å². The van der Waals surface area contributed by atoms with Gasteiger partial charge in [0.05, 0.1) is 7.11 Å². The van der Waals surface area contributed by atoms with Crippen molar-refractivity contribution in [2.24, 2.45) is 0 Å². The number of methoxy groups -OCH3 is 1. The lowest BCUT2D eigenvalue weighted by Crippen LogP contribution is -2.11. The molecule has 7 heteroatoms. The molecule has 6 nitrogen and oxygen atoms in total. The van der Waals surface area contributed by atoms with Crippen LogP contribution in [0.25, 0.3) is 17.1 Å². The van der Waals surface area contributed by atoms with Gasteiger partial charge in [-0.15, -0.1) is 0 Å². The molecule has 112 valence electrons. The van der Waals surface area contributed by atoms with Gasteiger partial charge in [-0.05, 0) is 30.4 Å². The fourth-order valence-corrected chi connectivity index (χ4v) is 2.36. The summed E-state index contributed by atoms with van der Waals surface area (Å²) in [5.74, 6) is 7.06. The van der Waals surface area contributed by atoms with Crippen molar-refractivity contribution in [3.63, 3.8) is 0 Å². The van der Waals surface area contributed by atoms with Gasteiger partial charge in [-0.1, -0.05) is 24.3 Å². The van der Waals surface area contributed by atoms with Gasteiger partial charge in [-0.25, -0.2) is 9.77 Å². The van der Waals surface area contributed by atoms with Crippen molar-refractivity contribution in [2.45, 2.75) is 0 Å². The van der Waals surface area contributed by atoms with Crippen LogP contribution in [0.3, 0.4) is 0 Å². The molecule has 22 heavy (non-hydrogen) atoms. The van der Waals surface area contributed by atoms with E-state index in [0.29, 0.717) is 33.0 Å². The van der Waals surface area contributed by atoms with Crippen molar-refractivity contribution in [3.8, 4) is 17.1 Å². The van der Waals surface area contributed by atoms with E-state index >= 15 is 0 Å². The monoisotopic (exact) mass is 314 g/mol. The zero-order valence-electron chi connectivity index (χ0n) is 11.8. The molecular weight excluding hydrogens is 300 g/mol. The number of nitrogens with two attached hydrogens (primary N) is 1. The van der Waals surface area contributed by atoms with Crippen LogP contribution in [0.1, 0.15) is 5.56 Å². The highest BCUT2D eigenvalue weighted by molar-refractivity contribution is 7.71. The Hall–Kier alpha value is -2.80. The summed E-state index contributed by atoms with van der Waals surface area (Å²) >= 11 is 5.04. The van der Waals surface area contributed by atoms with Gasteiger partial charge in [0.15, 0.2) is 5.82 Å². The number of ether oxygens (including phenoxy) is 1. The Bertz CT molecular complexity index is 860. The van der Waals surface area contributed by atoms with E-state index in [2.05, 4.69) is 10.2 Å². The molecule has 2 aromatic rings. The van der Waals surface area contributed by atoms with Crippen LogP contribution in [0, 0.1) is 4.77 Å². The molecule has 1 heterocycles. The molecule has 0 saturated carbocycles. The second-order valence-corrected chi connectivity index (χ2v) is 5.04. The third kappa shape index (κ3) is 2.31. The van der Waals surface area contributed by atoms with E-state index in [1.165, 1.54) is 4.68 Å². The van der Waals surface area contributed by atoms with E-state index in [4.69, 9.17) is 22.8 Å². The number of rotatable bonds is 3. The zero-order chi connectivity index (χ0) is 15.7. The molecule has 0 atom stereocenters. The third-order valence-electron chi connectivity index (χ3n) is 3.36. The molecule has 0 amide bonds. The van der Waals surface area contributed by atoms with Crippen LogP contribution < -0.4 is 10.6 Å². The third-order valence-corrected chi connectivity index (χ3v) is 3.65. The summed E-state index contributed by atoms with van der Waals surface area (Å²) in [5, 5.41) is 17.3. The minimum atomic E-state index is 0.118. The predicted octanol–water partition coefficient (Wildman–Crippen LogP) is 2.73. The number of aliphatic hydroxyl groups is 1.